The molecule has 2 rings (SSSR count). The van der Waals surface area contributed by atoms with E-state index in [2.05, 4.69) is 42.2 Å². The molecule has 0 aromatic heterocycles. The van der Waals surface area contributed by atoms with E-state index in [0.717, 1.165) is 0 Å². The van der Waals surface area contributed by atoms with Crippen molar-refractivity contribution in [2.75, 3.05) is 5.75 Å². The fraction of sp³-hybridized carbons (Fsp3) is 0.364. The standard InChI is InChI=1S/C11H13NS/c1-9-12-11(7-8-13-9)10-5-3-2-4-6-10/h2-6,11H,7-8H2,1H3. The predicted molar refractivity (Wildman–Crippen MR) is 59.4 cm³/mol. The summed E-state index contributed by atoms with van der Waals surface area (Å²) >= 11 is 1.87. The Labute approximate surface area is 83.3 Å². The third-order valence-corrected chi connectivity index (χ3v) is 3.19. The summed E-state index contributed by atoms with van der Waals surface area (Å²) < 4.78 is 0. The molecule has 0 radical (unpaired) electrons. The van der Waals surface area contributed by atoms with Crippen molar-refractivity contribution in [3.8, 4) is 0 Å². The quantitative estimate of drug-likeness (QED) is 0.663. The van der Waals surface area contributed by atoms with Gasteiger partial charge in [-0.25, -0.2) is 0 Å². The number of hydrogen-bond acceptors (Lipinski definition) is 2. The molecule has 1 aromatic carbocycles. The Hall–Kier alpha value is -0.760. The summed E-state index contributed by atoms with van der Waals surface area (Å²) in [6, 6.07) is 11.0. The highest BCUT2D eigenvalue weighted by Gasteiger charge is 2.14. The number of hydrogen-bond donors (Lipinski definition) is 0. The average Bonchev–Trinajstić information content (AvgIpc) is 2.19. The molecule has 68 valence electrons. The molecule has 0 saturated heterocycles. The summed E-state index contributed by atoms with van der Waals surface area (Å²) in [5.74, 6) is 1.20. The van der Waals surface area contributed by atoms with E-state index in [0.29, 0.717) is 6.04 Å². The Morgan fingerprint density at radius 1 is 1.31 bits per heavy atom. The maximum absolute atomic E-state index is 4.63. The highest BCUT2D eigenvalue weighted by molar-refractivity contribution is 8.13. The lowest BCUT2D eigenvalue weighted by Gasteiger charge is -2.18. The highest BCUT2D eigenvalue weighted by Crippen LogP contribution is 2.28. The first-order valence-corrected chi connectivity index (χ1v) is 5.57. The monoisotopic (exact) mass is 191 g/mol. The van der Waals surface area contributed by atoms with Crippen LogP contribution < -0.4 is 0 Å². The molecule has 2 heteroatoms. The lowest BCUT2D eigenvalue weighted by atomic mass is 10.1. The van der Waals surface area contributed by atoms with Gasteiger partial charge in [0.1, 0.15) is 0 Å². The van der Waals surface area contributed by atoms with Gasteiger partial charge in [0.25, 0.3) is 0 Å². The van der Waals surface area contributed by atoms with Gasteiger partial charge in [0.05, 0.1) is 11.1 Å². The molecule has 0 saturated carbocycles. The van der Waals surface area contributed by atoms with E-state index in [9.17, 15) is 0 Å². The van der Waals surface area contributed by atoms with Crippen molar-refractivity contribution in [3.05, 3.63) is 35.9 Å². The fourth-order valence-corrected chi connectivity index (χ4v) is 2.39. The second kappa shape index (κ2) is 3.97. The van der Waals surface area contributed by atoms with Crippen molar-refractivity contribution in [2.45, 2.75) is 19.4 Å². The summed E-state index contributed by atoms with van der Waals surface area (Å²) in [6.07, 6.45) is 1.17. The smallest absolute Gasteiger partial charge is 0.0766 e. The minimum Gasteiger partial charge on any atom is -0.275 e. The molecule has 0 amide bonds. The van der Waals surface area contributed by atoms with Crippen molar-refractivity contribution >= 4 is 16.8 Å². The zero-order valence-corrected chi connectivity index (χ0v) is 8.55. The van der Waals surface area contributed by atoms with Crippen LogP contribution in [0.4, 0.5) is 0 Å². The van der Waals surface area contributed by atoms with Gasteiger partial charge in [0.2, 0.25) is 0 Å². The topological polar surface area (TPSA) is 12.4 Å². The number of rotatable bonds is 1. The van der Waals surface area contributed by atoms with Crippen LogP contribution >= 0.6 is 11.8 Å². The third-order valence-electron chi connectivity index (χ3n) is 2.22. The van der Waals surface area contributed by atoms with E-state index in [4.69, 9.17) is 0 Å². The minimum absolute atomic E-state index is 0.405. The Morgan fingerprint density at radius 2 is 2.08 bits per heavy atom. The van der Waals surface area contributed by atoms with Crippen LogP contribution in [-0.2, 0) is 0 Å². The molecule has 1 atom stereocenters. The first-order valence-electron chi connectivity index (χ1n) is 4.58. The van der Waals surface area contributed by atoms with Gasteiger partial charge in [-0.2, -0.15) is 0 Å². The van der Waals surface area contributed by atoms with Gasteiger partial charge in [0, 0.05) is 5.75 Å². The van der Waals surface area contributed by atoms with E-state index < -0.39 is 0 Å². The molecule has 0 N–H and O–H groups in total. The van der Waals surface area contributed by atoms with Crippen LogP contribution in [0.2, 0.25) is 0 Å². The number of nitrogens with zero attached hydrogens (tertiary/aromatic N) is 1. The minimum atomic E-state index is 0.405. The van der Waals surface area contributed by atoms with E-state index in [-0.39, 0.29) is 0 Å². The van der Waals surface area contributed by atoms with Crippen LogP contribution in [0.5, 0.6) is 0 Å². The van der Waals surface area contributed by atoms with Gasteiger partial charge in [-0.15, -0.1) is 11.8 Å². The van der Waals surface area contributed by atoms with Crippen LogP contribution in [0.3, 0.4) is 0 Å². The molecule has 0 spiro atoms. The molecule has 1 aliphatic heterocycles. The van der Waals surface area contributed by atoms with Crippen LogP contribution in [0, 0.1) is 0 Å². The third kappa shape index (κ3) is 2.13. The van der Waals surface area contributed by atoms with E-state index in [1.165, 1.54) is 22.8 Å². The second-order valence-corrected chi connectivity index (χ2v) is 4.50. The lowest BCUT2D eigenvalue weighted by Crippen LogP contribution is -2.05. The Morgan fingerprint density at radius 3 is 2.77 bits per heavy atom. The second-order valence-electron chi connectivity index (χ2n) is 3.21. The predicted octanol–water partition coefficient (Wildman–Crippen LogP) is 3.28. The SMILES string of the molecule is CC1=NC(c2ccccc2)CCS1. The molecule has 1 unspecified atom stereocenters. The normalized spacial score (nSPS) is 22.5. The van der Waals surface area contributed by atoms with E-state index >= 15 is 0 Å². The molecule has 0 bridgehead atoms. The first-order chi connectivity index (χ1) is 6.36. The van der Waals surface area contributed by atoms with Gasteiger partial charge in [0.15, 0.2) is 0 Å². The molecule has 0 fully saturated rings. The number of benzene rings is 1. The van der Waals surface area contributed by atoms with Crippen molar-refractivity contribution in [1.29, 1.82) is 0 Å². The largest absolute Gasteiger partial charge is 0.275 e. The summed E-state index contributed by atoms with van der Waals surface area (Å²) in [6.45, 7) is 2.10. The van der Waals surface area contributed by atoms with Gasteiger partial charge in [-0.1, -0.05) is 30.3 Å². The van der Waals surface area contributed by atoms with Crippen molar-refractivity contribution < 1.29 is 0 Å². The highest BCUT2D eigenvalue weighted by atomic mass is 32.2. The van der Waals surface area contributed by atoms with Gasteiger partial charge < -0.3 is 0 Å². The summed E-state index contributed by atoms with van der Waals surface area (Å²) in [4.78, 5) is 4.63. The Balaban J connectivity index is 2.22. The fourth-order valence-electron chi connectivity index (χ4n) is 1.56. The summed E-state index contributed by atoms with van der Waals surface area (Å²) in [5.41, 5.74) is 1.35. The number of aliphatic imine (C=N–C) groups is 1. The Kier molecular flexibility index (Phi) is 2.69. The average molecular weight is 191 g/mol. The van der Waals surface area contributed by atoms with Crippen molar-refractivity contribution in [2.24, 2.45) is 4.99 Å². The van der Waals surface area contributed by atoms with E-state index in [1.807, 2.05) is 11.8 Å². The van der Waals surface area contributed by atoms with Gasteiger partial charge in [-0.3, -0.25) is 4.99 Å². The summed E-state index contributed by atoms with van der Waals surface area (Å²) in [5, 5.41) is 1.22. The molecule has 1 nitrogen and oxygen atoms in total. The van der Waals surface area contributed by atoms with Crippen LogP contribution in [0.25, 0.3) is 0 Å². The van der Waals surface area contributed by atoms with Gasteiger partial charge >= 0.3 is 0 Å². The number of thioether (sulfide) groups is 1. The van der Waals surface area contributed by atoms with Gasteiger partial charge in [-0.05, 0) is 18.9 Å². The Bertz CT molecular complexity index is 305. The van der Waals surface area contributed by atoms with Crippen molar-refractivity contribution in [3.63, 3.8) is 0 Å². The van der Waals surface area contributed by atoms with Crippen LogP contribution in [-0.4, -0.2) is 10.8 Å². The lowest BCUT2D eigenvalue weighted by molar-refractivity contribution is 0.704. The molecule has 1 aromatic rings. The molecular formula is C11H13NS. The van der Waals surface area contributed by atoms with Crippen LogP contribution in [0.1, 0.15) is 24.9 Å². The van der Waals surface area contributed by atoms with E-state index in [1.54, 1.807) is 0 Å². The maximum atomic E-state index is 4.63. The molecule has 13 heavy (non-hydrogen) atoms. The molecule has 0 aliphatic carbocycles. The zero-order valence-electron chi connectivity index (χ0n) is 7.73. The molecular weight excluding hydrogens is 178 g/mol. The molecule has 1 aliphatic rings. The zero-order chi connectivity index (χ0) is 9.10. The first kappa shape index (κ1) is 8.82. The molecule has 1 heterocycles. The summed E-state index contributed by atoms with van der Waals surface area (Å²) in [7, 11) is 0. The maximum Gasteiger partial charge on any atom is 0.0766 e. The van der Waals surface area contributed by atoms with Crippen LogP contribution in [0.15, 0.2) is 35.3 Å². The van der Waals surface area contributed by atoms with Crippen molar-refractivity contribution in [1.82, 2.24) is 0 Å².